The fourth-order valence-electron chi connectivity index (χ4n) is 2.45. The van der Waals surface area contributed by atoms with Crippen molar-refractivity contribution in [3.63, 3.8) is 0 Å². The number of benzene rings is 1. The first kappa shape index (κ1) is 11.2. The molecule has 1 unspecified atom stereocenters. The number of fused-ring (bicyclic) bond motifs is 1. The first-order valence-corrected chi connectivity index (χ1v) is 6.39. The van der Waals surface area contributed by atoms with Gasteiger partial charge in [-0.1, -0.05) is 30.3 Å². The zero-order valence-corrected chi connectivity index (χ0v) is 10.3. The number of aromatic nitrogens is 1. The van der Waals surface area contributed by atoms with Gasteiger partial charge in [-0.3, -0.25) is 0 Å². The van der Waals surface area contributed by atoms with Crippen molar-refractivity contribution in [1.82, 2.24) is 10.3 Å². The summed E-state index contributed by atoms with van der Waals surface area (Å²) in [6.45, 7) is 1.92. The monoisotopic (exact) mass is 239 g/mol. The second kappa shape index (κ2) is 5.19. The first-order chi connectivity index (χ1) is 8.93. The number of hydrogen-bond acceptors (Lipinski definition) is 3. The van der Waals surface area contributed by atoms with Crippen molar-refractivity contribution < 1.29 is 0 Å². The highest BCUT2D eigenvalue weighted by Gasteiger charge is 2.18. The molecule has 0 spiro atoms. The van der Waals surface area contributed by atoms with Crippen molar-refractivity contribution in [2.75, 3.05) is 18.4 Å². The Morgan fingerprint density at radius 3 is 2.94 bits per heavy atom. The minimum absolute atomic E-state index is 0.372. The zero-order chi connectivity index (χ0) is 12.2. The highest BCUT2D eigenvalue weighted by molar-refractivity contribution is 5.37. The van der Waals surface area contributed by atoms with Crippen molar-refractivity contribution in [2.45, 2.75) is 12.5 Å². The number of anilines is 1. The third-order valence-electron chi connectivity index (χ3n) is 3.37. The van der Waals surface area contributed by atoms with Crippen LogP contribution in [0.3, 0.4) is 0 Å². The maximum absolute atomic E-state index is 4.28. The molecule has 18 heavy (non-hydrogen) atoms. The maximum atomic E-state index is 4.28. The van der Waals surface area contributed by atoms with Crippen LogP contribution in [0.25, 0.3) is 0 Å². The summed E-state index contributed by atoms with van der Waals surface area (Å²) >= 11 is 0. The van der Waals surface area contributed by atoms with E-state index in [4.69, 9.17) is 0 Å². The van der Waals surface area contributed by atoms with Gasteiger partial charge in [0.2, 0.25) is 0 Å². The van der Waals surface area contributed by atoms with Crippen LogP contribution in [0.15, 0.2) is 48.7 Å². The van der Waals surface area contributed by atoms with Gasteiger partial charge < -0.3 is 10.6 Å². The van der Waals surface area contributed by atoms with Crippen molar-refractivity contribution in [3.05, 3.63) is 59.8 Å². The van der Waals surface area contributed by atoms with Gasteiger partial charge in [-0.25, -0.2) is 4.98 Å². The lowest BCUT2D eigenvalue weighted by Crippen LogP contribution is -2.34. The van der Waals surface area contributed by atoms with Gasteiger partial charge in [-0.05, 0) is 36.2 Å². The van der Waals surface area contributed by atoms with E-state index in [1.54, 1.807) is 0 Å². The molecule has 0 aliphatic carbocycles. The van der Waals surface area contributed by atoms with E-state index in [1.807, 2.05) is 24.4 Å². The molecular weight excluding hydrogens is 222 g/mol. The second-order valence-electron chi connectivity index (χ2n) is 4.55. The molecule has 1 atom stereocenters. The number of nitrogens with one attached hydrogen (secondary N) is 2. The summed E-state index contributed by atoms with van der Waals surface area (Å²) in [6.07, 6.45) is 2.93. The second-order valence-corrected chi connectivity index (χ2v) is 4.55. The molecule has 2 N–H and O–H groups in total. The molecule has 92 valence electrons. The Balaban J connectivity index is 1.71. The van der Waals surface area contributed by atoms with E-state index in [2.05, 4.69) is 39.9 Å². The Hall–Kier alpha value is -1.87. The highest BCUT2D eigenvalue weighted by Crippen LogP contribution is 2.22. The van der Waals surface area contributed by atoms with Gasteiger partial charge in [0.1, 0.15) is 5.82 Å². The number of rotatable bonds is 3. The van der Waals surface area contributed by atoms with Crippen LogP contribution in [0.4, 0.5) is 5.82 Å². The first-order valence-electron chi connectivity index (χ1n) is 6.39. The summed E-state index contributed by atoms with van der Waals surface area (Å²) in [5.74, 6) is 0.933. The average Bonchev–Trinajstić information content (AvgIpc) is 2.46. The van der Waals surface area contributed by atoms with Crippen LogP contribution in [0.1, 0.15) is 17.2 Å². The lowest BCUT2D eigenvalue weighted by molar-refractivity contribution is 0.523. The number of hydrogen-bond donors (Lipinski definition) is 2. The molecule has 1 aliphatic heterocycles. The van der Waals surface area contributed by atoms with Gasteiger partial charge in [0.15, 0.2) is 0 Å². The quantitative estimate of drug-likeness (QED) is 0.863. The Labute approximate surface area is 107 Å². The van der Waals surface area contributed by atoms with E-state index < -0.39 is 0 Å². The van der Waals surface area contributed by atoms with Gasteiger partial charge in [0, 0.05) is 18.8 Å². The standard InChI is InChI=1S/C15H17N3/c1-2-6-13-12(5-1)8-10-16-14(13)11-18-15-7-3-4-9-17-15/h1-7,9,14,16H,8,10-11H2,(H,17,18). The average molecular weight is 239 g/mol. The summed E-state index contributed by atoms with van der Waals surface area (Å²) in [7, 11) is 0. The molecule has 2 aromatic rings. The molecule has 0 saturated heterocycles. The Kier molecular flexibility index (Phi) is 3.24. The minimum Gasteiger partial charge on any atom is -0.368 e. The summed E-state index contributed by atoms with van der Waals surface area (Å²) in [5, 5.41) is 6.94. The lowest BCUT2D eigenvalue weighted by Gasteiger charge is -2.27. The van der Waals surface area contributed by atoms with E-state index in [0.717, 1.165) is 25.3 Å². The van der Waals surface area contributed by atoms with E-state index in [0.29, 0.717) is 6.04 Å². The summed E-state index contributed by atoms with van der Waals surface area (Å²) in [6, 6.07) is 15.0. The summed E-state index contributed by atoms with van der Waals surface area (Å²) in [5.41, 5.74) is 2.87. The van der Waals surface area contributed by atoms with E-state index >= 15 is 0 Å². The smallest absolute Gasteiger partial charge is 0.125 e. The lowest BCUT2D eigenvalue weighted by atomic mass is 9.94. The molecule has 0 bridgehead atoms. The molecule has 2 heterocycles. The number of nitrogens with zero attached hydrogens (tertiary/aromatic N) is 1. The normalized spacial score (nSPS) is 18.1. The van der Waals surface area contributed by atoms with Crippen LogP contribution in [-0.4, -0.2) is 18.1 Å². The SMILES string of the molecule is c1ccc(NCC2NCCc3ccccc32)nc1. The van der Waals surface area contributed by atoms with Gasteiger partial charge in [-0.2, -0.15) is 0 Å². The molecule has 1 aliphatic rings. The molecule has 3 rings (SSSR count). The van der Waals surface area contributed by atoms with Crippen molar-refractivity contribution in [1.29, 1.82) is 0 Å². The molecule has 0 saturated carbocycles. The molecule has 1 aromatic carbocycles. The van der Waals surface area contributed by atoms with Gasteiger partial charge in [0.25, 0.3) is 0 Å². The molecule has 3 heteroatoms. The summed E-state index contributed by atoms with van der Waals surface area (Å²) < 4.78 is 0. The van der Waals surface area contributed by atoms with Crippen molar-refractivity contribution in [3.8, 4) is 0 Å². The Morgan fingerprint density at radius 1 is 1.17 bits per heavy atom. The van der Waals surface area contributed by atoms with Gasteiger partial charge in [-0.15, -0.1) is 0 Å². The predicted molar refractivity (Wildman–Crippen MR) is 73.6 cm³/mol. The van der Waals surface area contributed by atoms with Crippen LogP contribution < -0.4 is 10.6 Å². The van der Waals surface area contributed by atoms with E-state index in [1.165, 1.54) is 11.1 Å². The molecular formula is C15H17N3. The molecule has 0 amide bonds. The zero-order valence-electron chi connectivity index (χ0n) is 10.3. The van der Waals surface area contributed by atoms with E-state index in [9.17, 15) is 0 Å². The fourth-order valence-corrected chi connectivity index (χ4v) is 2.45. The topological polar surface area (TPSA) is 37.0 Å². The minimum atomic E-state index is 0.372. The summed E-state index contributed by atoms with van der Waals surface area (Å²) in [4.78, 5) is 4.28. The van der Waals surface area contributed by atoms with Gasteiger partial charge in [0.05, 0.1) is 0 Å². The molecule has 0 radical (unpaired) electrons. The Morgan fingerprint density at radius 2 is 2.06 bits per heavy atom. The molecule has 1 aromatic heterocycles. The van der Waals surface area contributed by atoms with Crippen molar-refractivity contribution >= 4 is 5.82 Å². The van der Waals surface area contributed by atoms with Crippen molar-refractivity contribution in [2.24, 2.45) is 0 Å². The van der Waals surface area contributed by atoms with Crippen LogP contribution in [0, 0.1) is 0 Å². The van der Waals surface area contributed by atoms with E-state index in [-0.39, 0.29) is 0 Å². The molecule has 3 nitrogen and oxygen atoms in total. The van der Waals surface area contributed by atoms with Crippen LogP contribution in [-0.2, 0) is 6.42 Å². The molecule has 0 fully saturated rings. The predicted octanol–water partition coefficient (Wildman–Crippen LogP) is 2.38. The number of pyridine rings is 1. The van der Waals surface area contributed by atoms with Crippen LogP contribution >= 0.6 is 0 Å². The highest BCUT2D eigenvalue weighted by atomic mass is 15.0. The van der Waals surface area contributed by atoms with Gasteiger partial charge >= 0.3 is 0 Å². The maximum Gasteiger partial charge on any atom is 0.125 e. The van der Waals surface area contributed by atoms with Crippen LogP contribution in [0.2, 0.25) is 0 Å². The third kappa shape index (κ3) is 2.36. The Bertz CT molecular complexity index is 510. The largest absolute Gasteiger partial charge is 0.368 e. The fraction of sp³-hybridized carbons (Fsp3) is 0.267. The third-order valence-corrected chi connectivity index (χ3v) is 3.37. The van der Waals surface area contributed by atoms with Crippen LogP contribution in [0.5, 0.6) is 0 Å².